The highest BCUT2D eigenvalue weighted by molar-refractivity contribution is 4.78. The molecule has 0 spiro atoms. The molecule has 1 fully saturated rings. The lowest BCUT2D eigenvalue weighted by atomic mass is 9.96. The van der Waals surface area contributed by atoms with Gasteiger partial charge in [-0.3, -0.25) is 9.80 Å². The van der Waals surface area contributed by atoms with Crippen molar-refractivity contribution in [2.45, 2.75) is 358 Å². The predicted molar refractivity (Wildman–Crippen MR) is 370 cm³/mol. The smallest absolute Gasteiger partial charge is 0.0434 e. The standard InChI is InChI=1S/C76H157N5O/c1-10-15-20-25-30-35-40-45-50-72(6)67-80(68-73(7)51-46-41-36-31-26-21-16-11-2)64-61-78-58-56-77(57-59-78)60-62-79(71-76(55-66-82)54-49-44-39-34-29-24-19-14-5)63-65-81(69-74(8)52-47-42-37-32-27-22-17-12-3)70-75(9)53-48-43-38-33-28-23-18-13-4/h72-76,82H,10-71H2,1-9H3. The number of piperazine rings is 1. The van der Waals surface area contributed by atoms with Crippen LogP contribution in [0.1, 0.15) is 358 Å². The normalized spacial score (nSPS) is 15.6. The van der Waals surface area contributed by atoms with Gasteiger partial charge in [0.1, 0.15) is 0 Å². The number of rotatable bonds is 66. The molecule has 1 rings (SSSR count). The maximum absolute atomic E-state index is 10.4. The minimum Gasteiger partial charge on any atom is -0.396 e. The van der Waals surface area contributed by atoms with E-state index in [9.17, 15) is 5.11 Å². The number of hydrogen-bond donors (Lipinski definition) is 1. The van der Waals surface area contributed by atoms with Gasteiger partial charge in [0.05, 0.1) is 0 Å². The summed E-state index contributed by atoms with van der Waals surface area (Å²) in [6.07, 6.45) is 64.4. The Morgan fingerprint density at radius 2 is 0.500 bits per heavy atom. The molecule has 0 radical (unpaired) electrons. The first-order valence-corrected chi connectivity index (χ1v) is 38.4. The zero-order chi connectivity index (χ0) is 59.6. The minimum atomic E-state index is 0.337. The molecule has 0 aromatic heterocycles. The van der Waals surface area contributed by atoms with Gasteiger partial charge in [-0.2, -0.15) is 0 Å². The monoisotopic (exact) mass is 1160 g/mol. The summed E-state index contributed by atoms with van der Waals surface area (Å²) < 4.78 is 0. The van der Waals surface area contributed by atoms with E-state index in [0.29, 0.717) is 12.5 Å². The molecule has 6 heteroatoms. The van der Waals surface area contributed by atoms with Gasteiger partial charge in [0, 0.05) is 105 Å². The zero-order valence-corrected chi connectivity index (χ0v) is 58.4. The Balaban J connectivity index is 3.03. The Kier molecular flexibility index (Phi) is 59.4. The van der Waals surface area contributed by atoms with Crippen molar-refractivity contribution in [1.29, 1.82) is 0 Å². The van der Waals surface area contributed by atoms with Crippen molar-refractivity contribution < 1.29 is 5.11 Å². The van der Waals surface area contributed by atoms with E-state index >= 15 is 0 Å². The molecule has 0 saturated carbocycles. The summed E-state index contributed by atoms with van der Waals surface area (Å²) in [6, 6.07) is 0. The first-order chi connectivity index (χ1) is 40.2. The Hall–Kier alpha value is -0.240. The number of hydrogen-bond acceptors (Lipinski definition) is 6. The summed E-state index contributed by atoms with van der Waals surface area (Å²) in [5.74, 6) is 3.73. The molecule has 5 atom stereocenters. The van der Waals surface area contributed by atoms with Crippen LogP contribution in [0.2, 0.25) is 0 Å². The second-order valence-corrected chi connectivity index (χ2v) is 28.6. The van der Waals surface area contributed by atoms with Gasteiger partial charge in [-0.05, 0) is 68.1 Å². The lowest BCUT2D eigenvalue weighted by Crippen LogP contribution is -2.51. The molecule has 5 unspecified atom stereocenters. The summed E-state index contributed by atoms with van der Waals surface area (Å²) in [4.78, 5) is 14.4. The summed E-state index contributed by atoms with van der Waals surface area (Å²) >= 11 is 0. The van der Waals surface area contributed by atoms with Crippen LogP contribution in [-0.2, 0) is 0 Å². The maximum Gasteiger partial charge on any atom is 0.0434 e. The highest BCUT2D eigenvalue weighted by atomic mass is 16.3. The van der Waals surface area contributed by atoms with E-state index in [2.05, 4.69) is 86.8 Å². The van der Waals surface area contributed by atoms with Crippen LogP contribution in [0.15, 0.2) is 0 Å². The molecule has 1 aliphatic heterocycles. The molecule has 1 aliphatic rings. The van der Waals surface area contributed by atoms with E-state index < -0.39 is 0 Å². The van der Waals surface area contributed by atoms with Gasteiger partial charge in [-0.25, -0.2) is 0 Å². The lowest BCUT2D eigenvalue weighted by molar-refractivity contribution is 0.0925. The van der Waals surface area contributed by atoms with Gasteiger partial charge < -0.3 is 19.8 Å². The van der Waals surface area contributed by atoms with Crippen LogP contribution in [0.3, 0.4) is 0 Å². The highest BCUT2D eigenvalue weighted by Gasteiger charge is 2.23. The fraction of sp³-hybridized carbons (Fsp3) is 1.00. The molecule has 1 heterocycles. The summed E-state index contributed by atoms with van der Waals surface area (Å²) in [5.41, 5.74) is 0. The zero-order valence-electron chi connectivity index (χ0n) is 58.4. The molecule has 82 heavy (non-hydrogen) atoms. The molecule has 0 aromatic carbocycles. The summed E-state index contributed by atoms with van der Waals surface area (Å²) in [7, 11) is 0. The van der Waals surface area contributed by atoms with Crippen molar-refractivity contribution in [1.82, 2.24) is 24.5 Å². The van der Waals surface area contributed by atoms with Crippen LogP contribution in [-0.4, -0.2) is 134 Å². The molecule has 0 amide bonds. The van der Waals surface area contributed by atoms with Gasteiger partial charge in [-0.1, -0.05) is 319 Å². The van der Waals surface area contributed by atoms with E-state index in [1.807, 2.05) is 0 Å². The fourth-order valence-corrected chi connectivity index (χ4v) is 14.0. The van der Waals surface area contributed by atoms with Crippen LogP contribution >= 0.6 is 0 Å². The summed E-state index contributed by atoms with van der Waals surface area (Å²) in [6.45, 7) is 40.7. The highest BCUT2D eigenvalue weighted by Crippen LogP contribution is 2.23. The summed E-state index contributed by atoms with van der Waals surface area (Å²) in [5, 5.41) is 10.4. The molecular formula is C76H157N5O. The Morgan fingerprint density at radius 1 is 0.268 bits per heavy atom. The molecule has 0 bridgehead atoms. The van der Waals surface area contributed by atoms with Gasteiger partial charge >= 0.3 is 0 Å². The van der Waals surface area contributed by atoms with E-state index in [1.54, 1.807) is 0 Å². The quantitative estimate of drug-likeness (QED) is 0.0612. The first kappa shape index (κ1) is 79.8. The largest absolute Gasteiger partial charge is 0.396 e. The van der Waals surface area contributed by atoms with Crippen LogP contribution in [0.25, 0.3) is 0 Å². The van der Waals surface area contributed by atoms with Gasteiger partial charge in [0.2, 0.25) is 0 Å². The minimum absolute atomic E-state index is 0.337. The van der Waals surface area contributed by atoms with E-state index in [-0.39, 0.29) is 0 Å². The molecule has 492 valence electrons. The number of aliphatic hydroxyl groups excluding tert-OH is 1. The van der Waals surface area contributed by atoms with Crippen molar-refractivity contribution in [2.24, 2.45) is 29.6 Å². The molecule has 1 saturated heterocycles. The Morgan fingerprint density at radius 3 is 0.780 bits per heavy atom. The topological polar surface area (TPSA) is 36.4 Å². The molecule has 1 N–H and O–H groups in total. The molecule has 6 nitrogen and oxygen atoms in total. The van der Waals surface area contributed by atoms with Crippen molar-refractivity contribution in [3.63, 3.8) is 0 Å². The molecular weight excluding hydrogens is 999 g/mol. The fourth-order valence-electron chi connectivity index (χ4n) is 14.0. The molecule has 0 aliphatic carbocycles. The van der Waals surface area contributed by atoms with E-state index in [0.717, 1.165) is 36.6 Å². The SMILES string of the molecule is CCCCCCCCCCC(C)CN(CCN1CCN(CCN(CCN(CC(C)CCCCCCCCCC)CC(C)CCCCCCCCCC)CC(CCO)CCCCCCCCCC)CC1)CC(C)CCCCCCCCCC. The molecule has 0 aromatic rings. The maximum atomic E-state index is 10.4. The van der Waals surface area contributed by atoms with Gasteiger partial charge in [0.25, 0.3) is 0 Å². The van der Waals surface area contributed by atoms with Crippen LogP contribution < -0.4 is 0 Å². The second kappa shape index (κ2) is 61.0. The second-order valence-electron chi connectivity index (χ2n) is 28.6. The number of aliphatic hydroxyl groups is 1. The predicted octanol–water partition coefficient (Wildman–Crippen LogP) is 21.7. The van der Waals surface area contributed by atoms with E-state index in [4.69, 9.17) is 0 Å². The third-order valence-corrected chi connectivity index (χ3v) is 19.7. The first-order valence-electron chi connectivity index (χ1n) is 38.4. The van der Waals surface area contributed by atoms with E-state index in [1.165, 1.54) is 381 Å². The lowest BCUT2D eigenvalue weighted by Gasteiger charge is -2.38. The number of unbranched alkanes of at least 4 members (excludes halogenated alkanes) is 35. The van der Waals surface area contributed by atoms with Gasteiger partial charge in [0.15, 0.2) is 0 Å². The average molecular weight is 1160 g/mol. The third-order valence-electron chi connectivity index (χ3n) is 19.7. The van der Waals surface area contributed by atoms with Crippen molar-refractivity contribution in [2.75, 3.05) is 105 Å². The van der Waals surface area contributed by atoms with Crippen molar-refractivity contribution in [3.05, 3.63) is 0 Å². The average Bonchev–Trinajstić information content (AvgIpc) is 3.48. The van der Waals surface area contributed by atoms with Crippen molar-refractivity contribution >= 4 is 0 Å². The number of nitrogens with zero attached hydrogens (tertiary/aromatic N) is 5. The van der Waals surface area contributed by atoms with Crippen LogP contribution in [0.5, 0.6) is 0 Å². The van der Waals surface area contributed by atoms with Crippen LogP contribution in [0.4, 0.5) is 0 Å². The van der Waals surface area contributed by atoms with Crippen LogP contribution in [0, 0.1) is 29.6 Å². The third kappa shape index (κ3) is 51.8. The van der Waals surface area contributed by atoms with Crippen molar-refractivity contribution in [3.8, 4) is 0 Å². The Labute approximate surface area is 519 Å². The van der Waals surface area contributed by atoms with Gasteiger partial charge in [-0.15, -0.1) is 0 Å². The Bertz CT molecular complexity index is 1170.